The summed E-state index contributed by atoms with van der Waals surface area (Å²) in [6, 6.07) is 6.47. The molecule has 0 fully saturated rings. The highest BCUT2D eigenvalue weighted by atomic mass is 16.6. The van der Waals surface area contributed by atoms with Crippen LogP contribution in [0.2, 0.25) is 0 Å². The molecule has 6 nitrogen and oxygen atoms in total. The molecule has 0 saturated heterocycles. The van der Waals surface area contributed by atoms with Gasteiger partial charge in [-0.1, -0.05) is 12.1 Å². The van der Waals surface area contributed by atoms with E-state index in [4.69, 9.17) is 9.94 Å². The Kier molecular flexibility index (Phi) is 4.88. The fourth-order valence-corrected chi connectivity index (χ4v) is 1.33. The van der Waals surface area contributed by atoms with E-state index in [9.17, 15) is 9.59 Å². The van der Waals surface area contributed by atoms with E-state index < -0.39 is 17.6 Å². The first-order valence-corrected chi connectivity index (χ1v) is 5.82. The zero-order valence-electron chi connectivity index (χ0n) is 11.2. The van der Waals surface area contributed by atoms with Crippen LogP contribution in [-0.4, -0.2) is 22.8 Å². The molecule has 6 heteroatoms. The van der Waals surface area contributed by atoms with Gasteiger partial charge in [-0.2, -0.15) is 0 Å². The van der Waals surface area contributed by atoms with Crippen molar-refractivity contribution in [2.24, 2.45) is 0 Å². The standard InChI is InChI=1S/C13H18N2O4/c1-13(2,3)19-12(17)14-8-9-4-6-10(7-5-9)11(16)15-18/h4-7,18H,8H2,1-3H3,(H,14,17)(H,15,16). The van der Waals surface area contributed by atoms with Gasteiger partial charge in [-0.05, 0) is 38.5 Å². The predicted octanol–water partition coefficient (Wildman–Crippen LogP) is 1.83. The highest BCUT2D eigenvalue weighted by Gasteiger charge is 2.15. The topological polar surface area (TPSA) is 87.7 Å². The summed E-state index contributed by atoms with van der Waals surface area (Å²) in [4.78, 5) is 22.5. The van der Waals surface area contributed by atoms with Gasteiger partial charge in [-0.15, -0.1) is 0 Å². The third-order valence-corrected chi connectivity index (χ3v) is 2.15. The lowest BCUT2D eigenvalue weighted by Crippen LogP contribution is -2.32. The maximum absolute atomic E-state index is 11.4. The Labute approximate surface area is 111 Å². The average Bonchev–Trinajstić information content (AvgIpc) is 2.34. The lowest BCUT2D eigenvalue weighted by molar-refractivity contribution is 0.0523. The summed E-state index contributed by atoms with van der Waals surface area (Å²) in [5, 5.41) is 11.1. The zero-order chi connectivity index (χ0) is 14.5. The van der Waals surface area contributed by atoms with E-state index in [1.165, 1.54) is 0 Å². The van der Waals surface area contributed by atoms with Crippen molar-refractivity contribution >= 4 is 12.0 Å². The minimum Gasteiger partial charge on any atom is -0.444 e. The maximum atomic E-state index is 11.4. The minimum atomic E-state index is -0.577. The summed E-state index contributed by atoms with van der Waals surface area (Å²) in [5.41, 5.74) is 2.17. The molecular weight excluding hydrogens is 248 g/mol. The van der Waals surface area contributed by atoms with Gasteiger partial charge in [0.25, 0.3) is 5.91 Å². The molecule has 0 heterocycles. The van der Waals surface area contributed by atoms with Crippen LogP contribution >= 0.6 is 0 Å². The van der Waals surface area contributed by atoms with Crippen molar-refractivity contribution in [1.29, 1.82) is 0 Å². The number of hydrogen-bond acceptors (Lipinski definition) is 4. The highest BCUT2D eigenvalue weighted by molar-refractivity contribution is 5.93. The van der Waals surface area contributed by atoms with Crippen LogP contribution in [0.15, 0.2) is 24.3 Å². The van der Waals surface area contributed by atoms with E-state index >= 15 is 0 Å². The van der Waals surface area contributed by atoms with E-state index in [1.54, 1.807) is 50.5 Å². The van der Waals surface area contributed by atoms with E-state index in [0.717, 1.165) is 5.56 Å². The number of nitrogens with one attached hydrogen (secondary N) is 2. The Morgan fingerprint density at radius 1 is 1.21 bits per heavy atom. The predicted molar refractivity (Wildman–Crippen MR) is 68.8 cm³/mol. The minimum absolute atomic E-state index is 0.302. The van der Waals surface area contributed by atoms with Crippen LogP contribution in [0.3, 0.4) is 0 Å². The monoisotopic (exact) mass is 266 g/mol. The molecule has 0 radical (unpaired) electrons. The zero-order valence-corrected chi connectivity index (χ0v) is 11.2. The molecule has 104 valence electrons. The number of benzene rings is 1. The molecule has 0 aliphatic carbocycles. The lowest BCUT2D eigenvalue weighted by atomic mass is 10.1. The SMILES string of the molecule is CC(C)(C)OC(=O)NCc1ccc(C(=O)NO)cc1. The van der Waals surface area contributed by atoms with Gasteiger partial charge in [0, 0.05) is 12.1 Å². The second-order valence-corrected chi connectivity index (χ2v) is 4.99. The molecule has 0 aliphatic rings. The second-order valence-electron chi connectivity index (χ2n) is 4.99. The third-order valence-electron chi connectivity index (χ3n) is 2.15. The van der Waals surface area contributed by atoms with Crippen LogP contribution in [0.1, 0.15) is 36.7 Å². The Bertz CT molecular complexity index is 449. The second kappa shape index (κ2) is 6.19. The van der Waals surface area contributed by atoms with Gasteiger partial charge < -0.3 is 10.1 Å². The first-order chi connectivity index (χ1) is 8.81. The molecule has 2 amide bonds. The summed E-state index contributed by atoms with van der Waals surface area (Å²) in [6.45, 7) is 5.66. The first-order valence-electron chi connectivity index (χ1n) is 5.82. The molecule has 0 saturated carbocycles. The summed E-state index contributed by atoms with van der Waals surface area (Å²) < 4.78 is 5.09. The molecule has 1 rings (SSSR count). The Morgan fingerprint density at radius 2 is 1.79 bits per heavy atom. The number of hydroxylamine groups is 1. The van der Waals surface area contributed by atoms with Gasteiger partial charge in [0.15, 0.2) is 0 Å². The number of carbonyl (C=O) groups excluding carboxylic acids is 2. The smallest absolute Gasteiger partial charge is 0.407 e. The van der Waals surface area contributed by atoms with Gasteiger partial charge in [0.2, 0.25) is 0 Å². The molecule has 0 spiro atoms. The van der Waals surface area contributed by atoms with Crippen molar-refractivity contribution in [2.75, 3.05) is 0 Å². The van der Waals surface area contributed by atoms with Gasteiger partial charge >= 0.3 is 6.09 Å². The van der Waals surface area contributed by atoms with Gasteiger partial charge in [0.1, 0.15) is 5.60 Å². The quantitative estimate of drug-likeness (QED) is 0.575. The molecule has 1 aromatic carbocycles. The van der Waals surface area contributed by atoms with E-state index in [-0.39, 0.29) is 0 Å². The lowest BCUT2D eigenvalue weighted by Gasteiger charge is -2.19. The largest absolute Gasteiger partial charge is 0.444 e. The molecule has 3 N–H and O–H groups in total. The van der Waals surface area contributed by atoms with Gasteiger partial charge in [0.05, 0.1) is 0 Å². The van der Waals surface area contributed by atoms with Crippen molar-refractivity contribution in [3.8, 4) is 0 Å². The molecule has 1 aromatic rings. The summed E-state index contributed by atoms with van der Waals surface area (Å²) in [6.07, 6.45) is -0.496. The molecule has 0 aromatic heterocycles. The van der Waals surface area contributed by atoms with Crippen LogP contribution in [0.4, 0.5) is 4.79 Å². The number of carbonyl (C=O) groups is 2. The maximum Gasteiger partial charge on any atom is 0.407 e. The first kappa shape index (κ1) is 15.0. The average molecular weight is 266 g/mol. The number of rotatable bonds is 3. The van der Waals surface area contributed by atoms with Gasteiger partial charge in [-0.25, -0.2) is 10.3 Å². The Morgan fingerprint density at radius 3 is 2.26 bits per heavy atom. The fourth-order valence-electron chi connectivity index (χ4n) is 1.33. The number of alkyl carbamates (subject to hydrolysis) is 1. The molecule has 0 atom stereocenters. The number of hydrogen-bond donors (Lipinski definition) is 3. The van der Waals surface area contributed by atoms with Crippen molar-refractivity contribution in [3.63, 3.8) is 0 Å². The fraction of sp³-hybridized carbons (Fsp3) is 0.385. The Hall–Kier alpha value is -2.08. The van der Waals surface area contributed by atoms with E-state index in [2.05, 4.69) is 5.32 Å². The Balaban J connectivity index is 2.50. The number of amides is 2. The summed E-state index contributed by atoms with van der Waals surface area (Å²) in [5.74, 6) is -0.577. The van der Waals surface area contributed by atoms with E-state index in [1.807, 2.05) is 0 Å². The van der Waals surface area contributed by atoms with Crippen LogP contribution in [0, 0.1) is 0 Å². The normalized spacial score (nSPS) is 10.7. The molecular formula is C13H18N2O4. The third kappa shape index (κ3) is 5.39. The van der Waals surface area contributed by atoms with Crippen molar-refractivity contribution in [1.82, 2.24) is 10.8 Å². The van der Waals surface area contributed by atoms with Crippen LogP contribution in [0.5, 0.6) is 0 Å². The number of ether oxygens (including phenoxy) is 1. The summed E-state index contributed by atoms with van der Waals surface area (Å²) >= 11 is 0. The van der Waals surface area contributed by atoms with Crippen LogP contribution < -0.4 is 10.8 Å². The van der Waals surface area contributed by atoms with Gasteiger partial charge in [-0.3, -0.25) is 10.0 Å². The molecule has 0 bridgehead atoms. The molecule has 0 unspecified atom stereocenters. The van der Waals surface area contributed by atoms with Crippen LogP contribution in [0.25, 0.3) is 0 Å². The molecule has 19 heavy (non-hydrogen) atoms. The van der Waals surface area contributed by atoms with Crippen molar-refractivity contribution in [2.45, 2.75) is 32.9 Å². The highest BCUT2D eigenvalue weighted by Crippen LogP contribution is 2.08. The van der Waals surface area contributed by atoms with E-state index in [0.29, 0.717) is 12.1 Å². The molecule has 0 aliphatic heterocycles. The van der Waals surface area contributed by atoms with Crippen molar-refractivity contribution < 1.29 is 19.5 Å². The van der Waals surface area contributed by atoms with Crippen LogP contribution in [-0.2, 0) is 11.3 Å². The van der Waals surface area contributed by atoms with Crippen molar-refractivity contribution in [3.05, 3.63) is 35.4 Å². The summed E-state index contributed by atoms with van der Waals surface area (Å²) in [7, 11) is 0.